The van der Waals surface area contributed by atoms with Crippen LogP contribution in [0.5, 0.6) is 0 Å². The predicted molar refractivity (Wildman–Crippen MR) is 121 cm³/mol. The number of fused-ring (bicyclic) bond motifs is 2. The molecule has 0 saturated carbocycles. The number of anilines is 1. The van der Waals surface area contributed by atoms with Crippen LogP contribution in [-0.4, -0.2) is 62.8 Å². The Labute approximate surface area is 205 Å². The van der Waals surface area contributed by atoms with Gasteiger partial charge in [0.2, 0.25) is 11.5 Å². The van der Waals surface area contributed by atoms with Crippen molar-refractivity contribution in [1.82, 2.24) is 20.4 Å². The summed E-state index contributed by atoms with van der Waals surface area (Å²) in [6, 6.07) is 0.669. The minimum atomic E-state index is -1.45. The minimum absolute atomic E-state index is 0.182. The Morgan fingerprint density at radius 3 is 2.94 bits per heavy atom. The van der Waals surface area contributed by atoms with Crippen LogP contribution in [0.3, 0.4) is 0 Å². The zero-order valence-corrected chi connectivity index (χ0v) is 19.7. The molecule has 0 aromatic carbocycles. The summed E-state index contributed by atoms with van der Waals surface area (Å²) in [5.41, 5.74) is 5.40. The number of nitrogens with one attached hydrogen (secondary N) is 1. The number of oxime groups is 1. The van der Waals surface area contributed by atoms with Gasteiger partial charge in [-0.05, 0) is 5.38 Å². The summed E-state index contributed by atoms with van der Waals surface area (Å²) in [5.74, 6) is -2.74. The number of pyridine rings is 1. The summed E-state index contributed by atoms with van der Waals surface area (Å²) in [6.07, 6.45) is 3.78. The Kier molecular flexibility index (Phi) is 5.86. The number of thioether (sulfide) groups is 1. The third-order valence-corrected chi connectivity index (χ3v) is 7.55. The van der Waals surface area contributed by atoms with Crippen LogP contribution < -0.4 is 20.7 Å². The third-order valence-electron chi connectivity index (χ3n) is 5.43. The first kappa shape index (κ1) is 22.8. The molecule has 5 rings (SSSR count). The van der Waals surface area contributed by atoms with Crippen molar-refractivity contribution in [2.24, 2.45) is 5.16 Å². The van der Waals surface area contributed by atoms with E-state index in [-0.39, 0.29) is 29.8 Å². The highest BCUT2D eigenvalue weighted by atomic mass is 32.2. The molecule has 15 heteroatoms. The van der Waals surface area contributed by atoms with Crippen molar-refractivity contribution in [2.75, 3.05) is 18.6 Å². The number of carbonyl (C=O) groups is 3. The lowest BCUT2D eigenvalue weighted by Gasteiger charge is -2.50. The number of rotatable bonds is 7. The number of aromatic nitrogens is 3. The number of nitrogens with two attached hydrogens (primary N) is 1. The van der Waals surface area contributed by atoms with Gasteiger partial charge in [-0.2, -0.15) is 16.3 Å². The first-order valence-corrected chi connectivity index (χ1v) is 12.1. The van der Waals surface area contributed by atoms with Crippen LogP contribution in [0.4, 0.5) is 6.01 Å². The normalized spacial score (nSPS) is 20.0. The fourth-order valence-electron chi connectivity index (χ4n) is 3.88. The molecule has 1 fully saturated rings. The zero-order valence-electron chi connectivity index (χ0n) is 18.0. The first-order valence-electron chi connectivity index (χ1n) is 10.1. The van der Waals surface area contributed by atoms with Gasteiger partial charge in [-0.1, -0.05) is 10.3 Å². The van der Waals surface area contributed by atoms with Crippen LogP contribution in [0.15, 0.2) is 50.2 Å². The summed E-state index contributed by atoms with van der Waals surface area (Å²) in [4.78, 5) is 47.3. The van der Waals surface area contributed by atoms with Crippen molar-refractivity contribution in [1.29, 1.82) is 0 Å². The highest BCUT2D eigenvalue weighted by molar-refractivity contribution is 8.00. The van der Waals surface area contributed by atoms with Crippen molar-refractivity contribution in [3.63, 3.8) is 0 Å². The summed E-state index contributed by atoms with van der Waals surface area (Å²) in [6.45, 7) is 0.277. The Hall–Kier alpha value is -3.98. The molecule has 1 unspecified atom stereocenters. The lowest BCUT2D eigenvalue weighted by molar-refractivity contribution is -0.687. The van der Waals surface area contributed by atoms with E-state index in [1.54, 1.807) is 11.3 Å². The van der Waals surface area contributed by atoms with Gasteiger partial charge >= 0.3 is 6.01 Å². The molecular weight excluding hydrogens is 498 g/mol. The lowest BCUT2D eigenvalue weighted by Crippen LogP contribution is -2.71. The molecule has 0 spiro atoms. The third kappa shape index (κ3) is 4.08. The molecule has 0 bridgehead atoms. The van der Waals surface area contributed by atoms with E-state index in [4.69, 9.17) is 5.73 Å². The fourth-order valence-corrected chi connectivity index (χ4v) is 5.99. The number of nitrogens with zero attached hydrogens (tertiary/aromatic N) is 5. The van der Waals surface area contributed by atoms with Gasteiger partial charge in [0.25, 0.3) is 11.8 Å². The largest absolute Gasteiger partial charge is 0.543 e. The van der Waals surface area contributed by atoms with Crippen LogP contribution >= 0.6 is 23.1 Å². The van der Waals surface area contributed by atoms with Gasteiger partial charge in [0.05, 0.1) is 17.1 Å². The molecule has 0 aliphatic carbocycles. The van der Waals surface area contributed by atoms with E-state index in [0.29, 0.717) is 11.3 Å². The van der Waals surface area contributed by atoms with Crippen LogP contribution in [0.2, 0.25) is 0 Å². The van der Waals surface area contributed by atoms with E-state index in [9.17, 15) is 19.5 Å². The summed E-state index contributed by atoms with van der Waals surface area (Å²) in [7, 11) is 1.22. The number of β-lactam (4-membered cyclic amide) rings is 1. The van der Waals surface area contributed by atoms with E-state index in [1.807, 2.05) is 33.8 Å². The monoisotopic (exact) mass is 515 g/mol. The van der Waals surface area contributed by atoms with Crippen molar-refractivity contribution in [3.8, 4) is 0 Å². The van der Waals surface area contributed by atoms with Crippen LogP contribution in [0.25, 0.3) is 10.8 Å². The maximum absolute atomic E-state index is 12.9. The molecule has 35 heavy (non-hydrogen) atoms. The second-order valence-corrected chi connectivity index (χ2v) is 9.43. The Bertz CT molecular complexity index is 1410. The highest BCUT2D eigenvalue weighted by Gasteiger charge is 2.53. The zero-order chi connectivity index (χ0) is 24.7. The number of carbonyl (C=O) groups excluding carboxylic acids is 3. The molecule has 2 aliphatic rings. The van der Waals surface area contributed by atoms with E-state index >= 15 is 0 Å². The van der Waals surface area contributed by atoms with Gasteiger partial charge in [-0.15, -0.1) is 11.8 Å². The standard InChI is InChI=1S/C20H17N7O6S2/c1-32-24-12(15-23-20(21)33-25-15)16(28)22-13-17(29)27-14(19(30)31)11(8-35-18(13)27)5-26-3-2-9-6-34-7-10(9)4-26/h2-4,6-7,13,18H,5,8H2,1H3,(H3-,21,22,23,25,28,30,31)/b24-12-/t13?,18-/m1/s1. The van der Waals surface area contributed by atoms with Crippen LogP contribution in [-0.2, 0) is 25.8 Å². The molecule has 2 atom stereocenters. The Morgan fingerprint density at radius 2 is 2.23 bits per heavy atom. The molecule has 2 aliphatic heterocycles. The molecule has 2 amide bonds. The number of carboxylic acids is 1. The quantitative estimate of drug-likeness (QED) is 0.165. The van der Waals surface area contributed by atoms with Gasteiger partial charge in [-0.25, -0.2) is 4.57 Å². The van der Waals surface area contributed by atoms with E-state index in [1.165, 1.54) is 18.9 Å². The smallest absolute Gasteiger partial charge is 0.319 e. The highest BCUT2D eigenvalue weighted by Crippen LogP contribution is 2.40. The summed E-state index contributed by atoms with van der Waals surface area (Å²) < 4.78 is 6.52. The average Bonchev–Trinajstić information content (AvgIpc) is 3.48. The number of nitrogen functional groups attached to an aromatic ring is 1. The lowest BCUT2D eigenvalue weighted by atomic mass is 10.0. The number of hydrogen-bond acceptors (Lipinski definition) is 12. The van der Waals surface area contributed by atoms with Crippen LogP contribution in [0, 0.1) is 0 Å². The SMILES string of the molecule is CO/N=C(\C(=O)NC1C(=O)N2C(C(=O)[O-])=C(C[n+]3ccc4cscc4c3)CS[C@H]12)c1noc(N)n1. The number of aliphatic carboxylic acids is 1. The van der Waals surface area contributed by atoms with Gasteiger partial charge in [0.1, 0.15) is 18.5 Å². The maximum atomic E-state index is 12.9. The molecule has 180 valence electrons. The number of amides is 2. The predicted octanol–water partition coefficient (Wildman–Crippen LogP) is -1.39. The second-order valence-electron chi connectivity index (χ2n) is 7.58. The Morgan fingerprint density at radius 1 is 1.43 bits per heavy atom. The number of thiophene rings is 1. The molecule has 3 aromatic rings. The molecule has 3 N–H and O–H groups in total. The van der Waals surface area contributed by atoms with Gasteiger partial charge in [0.15, 0.2) is 18.9 Å². The van der Waals surface area contributed by atoms with Crippen molar-refractivity contribution in [2.45, 2.75) is 18.0 Å². The van der Waals surface area contributed by atoms with Gasteiger partial charge < -0.3 is 30.3 Å². The topological polar surface area (TPSA) is 180 Å². The van der Waals surface area contributed by atoms with Crippen molar-refractivity contribution in [3.05, 3.63) is 46.3 Å². The van der Waals surface area contributed by atoms with Crippen molar-refractivity contribution >= 4 is 63.4 Å². The molecule has 3 aromatic heterocycles. The molecule has 1 saturated heterocycles. The maximum Gasteiger partial charge on any atom is 0.319 e. The first-order chi connectivity index (χ1) is 16.9. The molecule has 5 heterocycles. The molecule has 0 radical (unpaired) electrons. The molecular formula is C20H17N7O6S2. The molecule has 13 nitrogen and oxygen atoms in total. The number of carboxylic acid groups (broad SMARTS) is 1. The second kappa shape index (κ2) is 8.99. The van der Waals surface area contributed by atoms with E-state index in [0.717, 1.165) is 15.7 Å². The average molecular weight is 516 g/mol. The van der Waals surface area contributed by atoms with Crippen molar-refractivity contribution < 1.29 is 33.4 Å². The fraction of sp³-hybridized carbons (Fsp3) is 0.250. The number of hydrogen-bond donors (Lipinski definition) is 2. The summed E-state index contributed by atoms with van der Waals surface area (Å²) in [5, 5.41) is 27.2. The summed E-state index contributed by atoms with van der Waals surface area (Å²) >= 11 is 2.91. The van der Waals surface area contributed by atoms with E-state index < -0.39 is 29.2 Å². The van der Waals surface area contributed by atoms with E-state index in [2.05, 4.69) is 30.0 Å². The van der Waals surface area contributed by atoms with Gasteiger partial charge in [0, 0.05) is 28.2 Å². The minimum Gasteiger partial charge on any atom is -0.543 e. The Balaban J connectivity index is 1.36. The van der Waals surface area contributed by atoms with Crippen LogP contribution in [0.1, 0.15) is 5.82 Å². The van der Waals surface area contributed by atoms with Gasteiger partial charge in [-0.3, -0.25) is 14.5 Å².